The van der Waals surface area contributed by atoms with Crippen LogP contribution in [0, 0.1) is 5.92 Å². The Balaban J connectivity index is 2.10. The van der Waals surface area contributed by atoms with Crippen molar-refractivity contribution in [2.45, 2.75) is 38.8 Å². The van der Waals surface area contributed by atoms with Crippen LogP contribution in [0.5, 0.6) is 0 Å². The highest BCUT2D eigenvalue weighted by atomic mass is 32.1. The number of hydrogen-bond donors (Lipinski definition) is 1. The molecule has 1 saturated heterocycles. The van der Waals surface area contributed by atoms with Crippen LogP contribution in [0.3, 0.4) is 0 Å². The van der Waals surface area contributed by atoms with E-state index in [9.17, 15) is 0 Å². The molecule has 1 fully saturated rings. The molecule has 1 aliphatic heterocycles. The second-order valence-corrected chi connectivity index (χ2v) is 5.80. The Hall–Kier alpha value is -0.380. The van der Waals surface area contributed by atoms with E-state index < -0.39 is 0 Å². The smallest absolute Gasteiger partial charge is 0.0481 e. The van der Waals surface area contributed by atoms with Gasteiger partial charge in [-0.2, -0.15) is 11.3 Å². The van der Waals surface area contributed by atoms with Crippen molar-refractivity contribution in [1.82, 2.24) is 4.90 Å². The minimum Gasteiger partial charge on any atom is -0.329 e. The van der Waals surface area contributed by atoms with Crippen molar-refractivity contribution in [1.29, 1.82) is 0 Å². The van der Waals surface area contributed by atoms with Crippen LogP contribution in [0.15, 0.2) is 16.8 Å². The van der Waals surface area contributed by atoms with E-state index in [0.717, 1.165) is 12.5 Å². The van der Waals surface area contributed by atoms with Crippen molar-refractivity contribution in [3.8, 4) is 0 Å². The quantitative estimate of drug-likeness (QED) is 0.877. The zero-order valence-electron chi connectivity index (χ0n) is 10.2. The first-order valence-corrected chi connectivity index (χ1v) is 7.14. The molecule has 0 radical (unpaired) electrons. The summed E-state index contributed by atoms with van der Waals surface area (Å²) in [6.45, 7) is 6.62. The lowest BCUT2D eigenvalue weighted by Crippen LogP contribution is -2.44. The van der Waals surface area contributed by atoms with E-state index in [-0.39, 0.29) is 0 Å². The zero-order chi connectivity index (χ0) is 11.5. The maximum atomic E-state index is 5.95. The standard InChI is InChI=1S/C13H22N2S/c1-10-3-5-15(11(2)7-10)13(8-14)12-4-6-16-9-12/h4,6,9-11,13H,3,5,7-8,14H2,1-2H3. The maximum absolute atomic E-state index is 5.95. The fourth-order valence-electron chi connectivity index (χ4n) is 2.82. The van der Waals surface area contributed by atoms with Gasteiger partial charge >= 0.3 is 0 Å². The van der Waals surface area contributed by atoms with Crippen LogP contribution in [0.1, 0.15) is 38.3 Å². The molecule has 0 aromatic carbocycles. The molecular weight excluding hydrogens is 216 g/mol. The third kappa shape index (κ3) is 2.47. The molecule has 90 valence electrons. The molecular formula is C13H22N2S. The van der Waals surface area contributed by atoms with Gasteiger partial charge < -0.3 is 5.73 Å². The largest absolute Gasteiger partial charge is 0.329 e. The van der Waals surface area contributed by atoms with Gasteiger partial charge in [0.15, 0.2) is 0 Å². The van der Waals surface area contributed by atoms with Gasteiger partial charge in [0.05, 0.1) is 0 Å². The van der Waals surface area contributed by atoms with Gasteiger partial charge in [-0.3, -0.25) is 4.90 Å². The third-order valence-electron chi connectivity index (χ3n) is 3.74. The van der Waals surface area contributed by atoms with Crippen LogP contribution < -0.4 is 5.73 Å². The van der Waals surface area contributed by atoms with Gasteiger partial charge in [-0.25, -0.2) is 0 Å². The van der Waals surface area contributed by atoms with E-state index in [1.54, 1.807) is 11.3 Å². The predicted octanol–water partition coefficient (Wildman–Crippen LogP) is 2.87. The highest BCUT2D eigenvalue weighted by Crippen LogP contribution is 2.31. The molecule has 2 heterocycles. The first-order chi connectivity index (χ1) is 7.72. The summed E-state index contributed by atoms with van der Waals surface area (Å²) >= 11 is 1.77. The summed E-state index contributed by atoms with van der Waals surface area (Å²) in [5.74, 6) is 0.868. The topological polar surface area (TPSA) is 29.3 Å². The number of piperidine rings is 1. The van der Waals surface area contributed by atoms with Crippen molar-refractivity contribution >= 4 is 11.3 Å². The highest BCUT2D eigenvalue weighted by Gasteiger charge is 2.28. The van der Waals surface area contributed by atoms with Crippen LogP contribution in [0.4, 0.5) is 0 Å². The predicted molar refractivity (Wildman–Crippen MR) is 70.7 cm³/mol. The van der Waals surface area contributed by atoms with Crippen LogP contribution in [-0.4, -0.2) is 24.0 Å². The van der Waals surface area contributed by atoms with E-state index >= 15 is 0 Å². The van der Waals surface area contributed by atoms with Crippen molar-refractivity contribution in [3.63, 3.8) is 0 Å². The molecule has 16 heavy (non-hydrogen) atoms. The van der Waals surface area contributed by atoms with Gasteiger partial charge in [-0.15, -0.1) is 0 Å². The average molecular weight is 238 g/mol. The lowest BCUT2D eigenvalue weighted by molar-refractivity contribution is 0.0849. The van der Waals surface area contributed by atoms with Crippen LogP contribution >= 0.6 is 11.3 Å². The molecule has 3 heteroatoms. The lowest BCUT2D eigenvalue weighted by atomic mass is 9.91. The Morgan fingerprint density at radius 3 is 2.94 bits per heavy atom. The molecule has 2 nitrogen and oxygen atoms in total. The summed E-state index contributed by atoms with van der Waals surface area (Å²) in [6.07, 6.45) is 2.62. The number of likely N-dealkylation sites (tertiary alicyclic amines) is 1. The molecule has 0 amide bonds. The third-order valence-corrected chi connectivity index (χ3v) is 4.44. The molecule has 0 saturated carbocycles. The first kappa shape index (κ1) is 12.1. The minimum atomic E-state index is 0.425. The summed E-state index contributed by atoms with van der Waals surface area (Å²) in [4.78, 5) is 2.59. The second-order valence-electron chi connectivity index (χ2n) is 5.02. The Kier molecular flexibility index (Phi) is 4.00. The normalized spacial score (nSPS) is 29.2. The second kappa shape index (κ2) is 5.30. The van der Waals surface area contributed by atoms with Crippen LogP contribution in [0.25, 0.3) is 0 Å². The number of nitrogens with zero attached hydrogens (tertiary/aromatic N) is 1. The summed E-state index contributed by atoms with van der Waals surface area (Å²) in [7, 11) is 0. The summed E-state index contributed by atoms with van der Waals surface area (Å²) < 4.78 is 0. The van der Waals surface area contributed by atoms with E-state index in [1.807, 2.05) is 0 Å². The highest BCUT2D eigenvalue weighted by molar-refractivity contribution is 7.07. The summed E-state index contributed by atoms with van der Waals surface area (Å²) in [6, 6.07) is 3.30. The molecule has 0 aliphatic carbocycles. The van der Waals surface area contributed by atoms with E-state index in [0.29, 0.717) is 12.1 Å². The summed E-state index contributed by atoms with van der Waals surface area (Å²) in [5, 5.41) is 4.39. The molecule has 1 aliphatic rings. The fraction of sp³-hybridized carbons (Fsp3) is 0.692. The van der Waals surface area contributed by atoms with E-state index in [1.165, 1.54) is 24.9 Å². The fourth-order valence-corrected chi connectivity index (χ4v) is 3.52. The zero-order valence-corrected chi connectivity index (χ0v) is 11.0. The van der Waals surface area contributed by atoms with Crippen LogP contribution in [0.2, 0.25) is 0 Å². The molecule has 2 rings (SSSR count). The van der Waals surface area contributed by atoms with Gasteiger partial charge in [0.25, 0.3) is 0 Å². The maximum Gasteiger partial charge on any atom is 0.0481 e. The van der Waals surface area contributed by atoms with Gasteiger partial charge in [0.2, 0.25) is 0 Å². The molecule has 3 unspecified atom stereocenters. The van der Waals surface area contributed by atoms with Gasteiger partial charge in [-0.1, -0.05) is 6.92 Å². The van der Waals surface area contributed by atoms with Gasteiger partial charge in [-0.05, 0) is 54.6 Å². The van der Waals surface area contributed by atoms with Crippen LogP contribution in [-0.2, 0) is 0 Å². The van der Waals surface area contributed by atoms with E-state index in [2.05, 4.69) is 35.6 Å². The van der Waals surface area contributed by atoms with Crippen molar-refractivity contribution < 1.29 is 0 Å². The monoisotopic (exact) mass is 238 g/mol. The minimum absolute atomic E-state index is 0.425. The van der Waals surface area contributed by atoms with Gasteiger partial charge in [0, 0.05) is 18.6 Å². The number of rotatable bonds is 3. The van der Waals surface area contributed by atoms with Crippen molar-refractivity contribution in [3.05, 3.63) is 22.4 Å². The van der Waals surface area contributed by atoms with E-state index in [4.69, 9.17) is 5.73 Å². The molecule has 1 aromatic rings. The Morgan fingerprint density at radius 2 is 2.38 bits per heavy atom. The first-order valence-electron chi connectivity index (χ1n) is 6.20. The lowest BCUT2D eigenvalue weighted by Gasteiger charge is -2.41. The molecule has 3 atom stereocenters. The Morgan fingerprint density at radius 1 is 1.56 bits per heavy atom. The average Bonchev–Trinajstić information content (AvgIpc) is 2.75. The number of nitrogens with two attached hydrogens (primary N) is 1. The Labute approximate surface area is 102 Å². The molecule has 0 bridgehead atoms. The number of thiophene rings is 1. The SMILES string of the molecule is CC1CCN(C(CN)c2ccsc2)C(C)C1. The number of hydrogen-bond acceptors (Lipinski definition) is 3. The van der Waals surface area contributed by atoms with Crippen molar-refractivity contribution in [2.75, 3.05) is 13.1 Å². The molecule has 0 spiro atoms. The molecule has 1 aromatic heterocycles. The van der Waals surface area contributed by atoms with Crippen molar-refractivity contribution in [2.24, 2.45) is 11.7 Å². The molecule has 2 N–H and O–H groups in total. The summed E-state index contributed by atoms with van der Waals surface area (Å²) in [5.41, 5.74) is 7.35. The Bertz CT molecular complexity index is 310. The van der Waals surface area contributed by atoms with Gasteiger partial charge in [0.1, 0.15) is 0 Å².